The molecule has 0 spiro atoms. The topological polar surface area (TPSA) is 29.9 Å². The fourth-order valence-corrected chi connectivity index (χ4v) is 3.69. The van der Waals surface area contributed by atoms with E-state index in [0.29, 0.717) is 5.92 Å². The molecular weight excluding hydrogens is 246 g/mol. The zero-order valence-electron chi connectivity index (χ0n) is 13.6. The highest BCUT2D eigenvalue weighted by Crippen LogP contribution is 2.42. The molecule has 0 bridgehead atoms. The zero-order chi connectivity index (χ0) is 14.5. The zero-order valence-corrected chi connectivity index (χ0v) is 13.6. The molecule has 1 fully saturated rings. The Morgan fingerprint density at radius 2 is 2.20 bits per heavy atom. The number of hydrogen-bond acceptors (Lipinski definition) is 2. The predicted octanol–water partition coefficient (Wildman–Crippen LogP) is 3.58. The van der Waals surface area contributed by atoms with Gasteiger partial charge in [-0.25, -0.2) is 0 Å². The van der Waals surface area contributed by atoms with E-state index in [1.165, 1.54) is 31.4 Å². The summed E-state index contributed by atoms with van der Waals surface area (Å²) in [5.41, 5.74) is 1.43. The molecule has 1 aliphatic carbocycles. The fourth-order valence-electron chi connectivity index (χ4n) is 3.69. The predicted molar refractivity (Wildman–Crippen MR) is 84.8 cm³/mol. The van der Waals surface area contributed by atoms with E-state index in [1.54, 1.807) is 0 Å². The van der Waals surface area contributed by atoms with Crippen molar-refractivity contribution in [2.45, 2.75) is 52.4 Å². The lowest BCUT2D eigenvalue weighted by Crippen LogP contribution is -2.34. The van der Waals surface area contributed by atoms with Gasteiger partial charge in [-0.15, -0.1) is 0 Å². The van der Waals surface area contributed by atoms with Crippen molar-refractivity contribution < 1.29 is 0 Å². The molecule has 1 heterocycles. The molecule has 0 radical (unpaired) electrons. The second-order valence-electron chi connectivity index (χ2n) is 6.77. The number of nitrogens with one attached hydrogen (secondary N) is 1. The Balaban J connectivity index is 2.08. The third-order valence-corrected chi connectivity index (χ3v) is 5.05. The van der Waals surface area contributed by atoms with E-state index in [0.717, 1.165) is 30.8 Å². The van der Waals surface area contributed by atoms with Crippen molar-refractivity contribution in [3.05, 3.63) is 18.0 Å². The van der Waals surface area contributed by atoms with E-state index in [2.05, 4.69) is 49.0 Å². The lowest BCUT2D eigenvalue weighted by molar-refractivity contribution is 0.185. The lowest BCUT2D eigenvalue weighted by atomic mass is 9.69. The van der Waals surface area contributed by atoms with E-state index < -0.39 is 0 Å². The molecule has 3 heteroatoms. The monoisotopic (exact) mass is 277 g/mol. The Bertz CT molecular complexity index is 397. The number of nitrogens with zero attached hydrogens (tertiary/aromatic N) is 2. The summed E-state index contributed by atoms with van der Waals surface area (Å²) in [4.78, 5) is 0. The molecule has 1 saturated carbocycles. The molecular formula is C17H31N3. The Kier molecular flexibility index (Phi) is 5.64. The van der Waals surface area contributed by atoms with Gasteiger partial charge >= 0.3 is 0 Å². The van der Waals surface area contributed by atoms with Gasteiger partial charge in [-0.1, -0.05) is 20.8 Å². The Morgan fingerprint density at radius 1 is 1.40 bits per heavy atom. The maximum absolute atomic E-state index is 4.39. The minimum atomic E-state index is 0.674. The Morgan fingerprint density at radius 3 is 2.80 bits per heavy atom. The SMILES string of the molecule is CCCNCC1CCC(C(C)C)CC1c1ccnn1C. The van der Waals surface area contributed by atoms with Crippen LogP contribution in [0, 0.1) is 17.8 Å². The second-order valence-corrected chi connectivity index (χ2v) is 6.77. The summed E-state index contributed by atoms with van der Waals surface area (Å²) in [5, 5.41) is 8.02. The molecule has 0 amide bonds. The number of aromatic nitrogens is 2. The van der Waals surface area contributed by atoms with Crippen LogP contribution in [0.2, 0.25) is 0 Å². The van der Waals surface area contributed by atoms with Crippen LogP contribution in [-0.2, 0) is 7.05 Å². The van der Waals surface area contributed by atoms with E-state index >= 15 is 0 Å². The first-order valence-corrected chi connectivity index (χ1v) is 8.32. The van der Waals surface area contributed by atoms with Crippen molar-refractivity contribution in [3.8, 4) is 0 Å². The lowest BCUT2D eigenvalue weighted by Gasteiger charge is -2.38. The van der Waals surface area contributed by atoms with Gasteiger partial charge in [-0.05, 0) is 62.6 Å². The van der Waals surface area contributed by atoms with Gasteiger partial charge in [0.2, 0.25) is 0 Å². The van der Waals surface area contributed by atoms with Crippen LogP contribution in [0.3, 0.4) is 0 Å². The third kappa shape index (κ3) is 3.63. The first-order valence-electron chi connectivity index (χ1n) is 8.32. The Labute approximate surface area is 124 Å². The number of hydrogen-bond donors (Lipinski definition) is 1. The third-order valence-electron chi connectivity index (χ3n) is 5.05. The molecule has 0 aromatic carbocycles. The largest absolute Gasteiger partial charge is 0.316 e. The summed E-state index contributed by atoms with van der Waals surface area (Å²) in [7, 11) is 2.09. The molecule has 0 aliphatic heterocycles. The maximum Gasteiger partial charge on any atom is 0.0492 e. The van der Waals surface area contributed by atoms with Crippen LogP contribution in [0.1, 0.15) is 58.1 Å². The van der Waals surface area contributed by atoms with Crippen LogP contribution < -0.4 is 5.32 Å². The van der Waals surface area contributed by atoms with Crippen LogP contribution in [0.5, 0.6) is 0 Å². The molecule has 3 atom stereocenters. The van der Waals surface area contributed by atoms with Gasteiger partial charge < -0.3 is 5.32 Å². The summed E-state index contributed by atoms with van der Waals surface area (Å²) in [6, 6.07) is 2.22. The van der Waals surface area contributed by atoms with Gasteiger partial charge in [-0.2, -0.15) is 5.10 Å². The van der Waals surface area contributed by atoms with Crippen LogP contribution in [-0.4, -0.2) is 22.9 Å². The summed E-state index contributed by atoms with van der Waals surface area (Å²) in [6.45, 7) is 9.29. The highest BCUT2D eigenvalue weighted by atomic mass is 15.3. The van der Waals surface area contributed by atoms with E-state index in [9.17, 15) is 0 Å². The highest BCUT2D eigenvalue weighted by Gasteiger charge is 2.33. The molecule has 1 aromatic heterocycles. The normalized spacial score (nSPS) is 27.1. The first kappa shape index (κ1) is 15.6. The number of rotatable bonds is 6. The minimum Gasteiger partial charge on any atom is -0.316 e. The van der Waals surface area contributed by atoms with E-state index in [-0.39, 0.29) is 0 Å². The van der Waals surface area contributed by atoms with Crippen LogP contribution in [0.25, 0.3) is 0 Å². The van der Waals surface area contributed by atoms with Gasteiger partial charge in [0.15, 0.2) is 0 Å². The summed E-state index contributed by atoms with van der Waals surface area (Å²) < 4.78 is 2.08. The average molecular weight is 277 g/mol. The average Bonchev–Trinajstić information content (AvgIpc) is 2.85. The molecule has 3 unspecified atom stereocenters. The smallest absolute Gasteiger partial charge is 0.0492 e. The molecule has 0 saturated heterocycles. The molecule has 3 nitrogen and oxygen atoms in total. The van der Waals surface area contributed by atoms with Crippen LogP contribution in [0.15, 0.2) is 12.3 Å². The molecule has 20 heavy (non-hydrogen) atoms. The number of aryl methyl sites for hydroxylation is 1. The Hall–Kier alpha value is -0.830. The van der Waals surface area contributed by atoms with Crippen LogP contribution >= 0.6 is 0 Å². The molecule has 1 aliphatic rings. The first-order chi connectivity index (χ1) is 9.63. The standard InChI is InChI=1S/C17H31N3/c1-5-9-18-12-15-7-6-14(13(2)3)11-16(15)17-8-10-19-20(17)4/h8,10,13-16,18H,5-7,9,11-12H2,1-4H3. The summed E-state index contributed by atoms with van der Waals surface area (Å²) in [6.07, 6.45) is 7.25. The van der Waals surface area contributed by atoms with Crippen LogP contribution in [0.4, 0.5) is 0 Å². The van der Waals surface area contributed by atoms with Gasteiger partial charge in [0.25, 0.3) is 0 Å². The van der Waals surface area contributed by atoms with Gasteiger partial charge in [0, 0.05) is 24.9 Å². The van der Waals surface area contributed by atoms with Crippen molar-refractivity contribution in [1.82, 2.24) is 15.1 Å². The molecule has 114 valence electrons. The molecule has 2 rings (SSSR count). The van der Waals surface area contributed by atoms with Gasteiger partial charge in [-0.3, -0.25) is 4.68 Å². The minimum absolute atomic E-state index is 0.674. The summed E-state index contributed by atoms with van der Waals surface area (Å²) >= 11 is 0. The van der Waals surface area contributed by atoms with Crippen molar-refractivity contribution in [2.24, 2.45) is 24.8 Å². The van der Waals surface area contributed by atoms with Crippen molar-refractivity contribution in [1.29, 1.82) is 0 Å². The van der Waals surface area contributed by atoms with Gasteiger partial charge in [0.05, 0.1) is 0 Å². The van der Waals surface area contributed by atoms with Crippen molar-refractivity contribution in [3.63, 3.8) is 0 Å². The quantitative estimate of drug-likeness (QED) is 0.806. The fraction of sp³-hybridized carbons (Fsp3) is 0.824. The molecule has 1 N–H and O–H groups in total. The maximum atomic E-state index is 4.39. The summed E-state index contributed by atoms with van der Waals surface area (Å²) in [5.74, 6) is 3.12. The van der Waals surface area contributed by atoms with E-state index in [4.69, 9.17) is 0 Å². The molecule has 1 aromatic rings. The second kappa shape index (κ2) is 7.26. The van der Waals surface area contributed by atoms with Gasteiger partial charge in [0.1, 0.15) is 0 Å². The van der Waals surface area contributed by atoms with Crippen molar-refractivity contribution >= 4 is 0 Å². The highest BCUT2D eigenvalue weighted by molar-refractivity contribution is 5.11. The van der Waals surface area contributed by atoms with Crippen molar-refractivity contribution in [2.75, 3.05) is 13.1 Å². The van der Waals surface area contributed by atoms with E-state index in [1.807, 2.05) is 6.20 Å².